The van der Waals surface area contributed by atoms with E-state index in [0.29, 0.717) is 30.7 Å². The van der Waals surface area contributed by atoms with Crippen molar-refractivity contribution in [1.29, 1.82) is 0 Å². The molecule has 2 aromatic heterocycles. The lowest BCUT2D eigenvalue weighted by Crippen LogP contribution is -2.42. The van der Waals surface area contributed by atoms with Gasteiger partial charge in [-0.1, -0.05) is 6.08 Å². The van der Waals surface area contributed by atoms with Crippen LogP contribution in [0.1, 0.15) is 37.7 Å². The van der Waals surface area contributed by atoms with Crippen LogP contribution in [0.4, 0.5) is 14.6 Å². The Morgan fingerprint density at radius 3 is 2.65 bits per heavy atom. The summed E-state index contributed by atoms with van der Waals surface area (Å²) in [4.78, 5) is 19.7. The normalized spacial score (nSPS) is 22.7. The third-order valence-electron chi connectivity index (χ3n) is 6.87. The highest BCUT2D eigenvalue weighted by atomic mass is 32.2. The van der Waals surface area contributed by atoms with Crippen molar-refractivity contribution in [3.63, 3.8) is 0 Å². The van der Waals surface area contributed by atoms with Gasteiger partial charge in [-0.25, -0.2) is 22.2 Å². The summed E-state index contributed by atoms with van der Waals surface area (Å²) in [6, 6.07) is 5.76. The number of anilines is 1. The zero-order chi connectivity index (χ0) is 23.6. The number of H-pyrrole nitrogens is 1. The Morgan fingerprint density at radius 1 is 1.09 bits per heavy atom. The number of hydrogen-bond acceptors (Lipinski definition) is 4. The molecule has 10 heteroatoms. The molecule has 3 aromatic rings. The van der Waals surface area contributed by atoms with Gasteiger partial charge in [-0.3, -0.25) is 4.79 Å². The van der Waals surface area contributed by atoms with Crippen molar-refractivity contribution >= 4 is 38.4 Å². The summed E-state index contributed by atoms with van der Waals surface area (Å²) in [5.74, 6) is -1.79. The van der Waals surface area contributed by atoms with Gasteiger partial charge in [0.05, 0.1) is 4.90 Å². The van der Waals surface area contributed by atoms with Gasteiger partial charge in [0, 0.05) is 29.6 Å². The van der Waals surface area contributed by atoms with E-state index in [1.54, 1.807) is 6.20 Å². The van der Waals surface area contributed by atoms with Crippen molar-refractivity contribution in [2.45, 2.75) is 49.1 Å². The summed E-state index contributed by atoms with van der Waals surface area (Å²) in [6.07, 6.45) is 7.28. The SMILES string of the molecule is O=C(Nc1cc(C2=CC3CCC(C2)N3S(=O)(=O)c2ccc(F)c(F)c2)c2cc[nH]c2n1)C1CC1. The predicted molar refractivity (Wildman–Crippen MR) is 122 cm³/mol. The van der Waals surface area contributed by atoms with Crippen LogP contribution < -0.4 is 5.32 Å². The highest BCUT2D eigenvalue weighted by Gasteiger charge is 2.44. The average molecular weight is 485 g/mol. The molecule has 34 heavy (non-hydrogen) atoms. The lowest BCUT2D eigenvalue weighted by Gasteiger charge is -2.33. The molecule has 1 aromatic carbocycles. The first-order valence-electron chi connectivity index (χ1n) is 11.3. The fourth-order valence-corrected chi connectivity index (χ4v) is 6.90. The number of hydrogen-bond donors (Lipinski definition) is 2. The molecule has 1 saturated carbocycles. The number of aromatic nitrogens is 2. The number of aromatic amines is 1. The Balaban J connectivity index is 1.36. The zero-order valence-electron chi connectivity index (χ0n) is 18.1. The van der Waals surface area contributed by atoms with Crippen molar-refractivity contribution in [1.82, 2.24) is 14.3 Å². The molecule has 6 rings (SSSR count). The molecule has 176 valence electrons. The number of sulfonamides is 1. The topological polar surface area (TPSA) is 95.2 Å². The molecule has 2 atom stereocenters. The number of fused-ring (bicyclic) bond motifs is 3. The molecule has 7 nitrogen and oxygen atoms in total. The van der Waals surface area contributed by atoms with Gasteiger partial charge in [0.15, 0.2) is 11.6 Å². The summed E-state index contributed by atoms with van der Waals surface area (Å²) >= 11 is 0. The highest BCUT2D eigenvalue weighted by molar-refractivity contribution is 7.89. The van der Waals surface area contributed by atoms with E-state index in [2.05, 4.69) is 15.3 Å². The Kier molecular flexibility index (Phi) is 4.86. The predicted octanol–water partition coefficient (Wildman–Crippen LogP) is 4.20. The van der Waals surface area contributed by atoms with Gasteiger partial charge in [-0.15, -0.1) is 0 Å². The van der Waals surface area contributed by atoms with Gasteiger partial charge in [-0.2, -0.15) is 4.31 Å². The first-order valence-corrected chi connectivity index (χ1v) is 12.7. The first kappa shape index (κ1) is 21.4. The number of amides is 1. The Labute approximate surface area is 194 Å². The van der Waals surface area contributed by atoms with E-state index in [9.17, 15) is 22.0 Å². The van der Waals surface area contributed by atoms with Crippen molar-refractivity contribution in [3.05, 3.63) is 59.8 Å². The van der Waals surface area contributed by atoms with Gasteiger partial charge in [-0.05, 0) is 73.6 Å². The molecule has 2 N–H and O–H groups in total. The molecule has 0 radical (unpaired) electrons. The lowest BCUT2D eigenvalue weighted by atomic mass is 9.94. The summed E-state index contributed by atoms with van der Waals surface area (Å²) in [5.41, 5.74) is 2.53. The number of pyridine rings is 1. The van der Waals surface area contributed by atoms with Gasteiger partial charge in [0.25, 0.3) is 0 Å². The Hall–Kier alpha value is -3.11. The zero-order valence-corrected chi connectivity index (χ0v) is 18.9. The van der Waals surface area contributed by atoms with E-state index in [4.69, 9.17) is 0 Å². The van der Waals surface area contributed by atoms with Crippen LogP contribution in [0, 0.1) is 17.6 Å². The lowest BCUT2D eigenvalue weighted by molar-refractivity contribution is -0.117. The van der Waals surface area contributed by atoms with E-state index >= 15 is 0 Å². The monoisotopic (exact) mass is 484 g/mol. The minimum absolute atomic E-state index is 0.0363. The van der Waals surface area contributed by atoms with Crippen LogP contribution in [0.2, 0.25) is 0 Å². The van der Waals surface area contributed by atoms with E-state index in [0.717, 1.165) is 47.6 Å². The third kappa shape index (κ3) is 3.52. The number of rotatable bonds is 5. The van der Waals surface area contributed by atoms with Crippen molar-refractivity contribution in [3.8, 4) is 0 Å². The van der Waals surface area contributed by atoms with Crippen LogP contribution in [-0.2, 0) is 14.8 Å². The van der Waals surface area contributed by atoms with Gasteiger partial charge >= 0.3 is 0 Å². The maximum atomic E-state index is 13.8. The number of nitrogens with one attached hydrogen (secondary N) is 2. The highest BCUT2D eigenvalue weighted by Crippen LogP contribution is 2.43. The molecule has 2 aliphatic heterocycles. The number of carbonyl (C=O) groups excluding carboxylic acids is 1. The molecule has 2 bridgehead atoms. The van der Waals surface area contributed by atoms with Crippen LogP contribution in [-0.4, -0.2) is 40.7 Å². The first-order chi connectivity index (χ1) is 16.3. The molecule has 1 aliphatic carbocycles. The third-order valence-corrected chi connectivity index (χ3v) is 8.85. The summed E-state index contributed by atoms with van der Waals surface area (Å²) in [5, 5.41) is 3.79. The average Bonchev–Trinajstić information content (AvgIpc) is 3.49. The van der Waals surface area contributed by atoms with Crippen molar-refractivity contribution in [2.24, 2.45) is 5.92 Å². The summed E-state index contributed by atoms with van der Waals surface area (Å²) in [6.45, 7) is 0. The summed E-state index contributed by atoms with van der Waals surface area (Å²) < 4.78 is 55.2. The molecular formula is C24H22F2N4O3S. The fraction of sp³-hybridized carbons (Fsp3) is 0.333. The molecule has 0 spiro atoms. The van der Waals surface area contributed by atoms with Crippen LogP contribution in [0.15, 0.2) is 47.5 Å². The standard InChI is InChI=1S/C24H22F2N4O3S/c25-20-6-5-17(11-21(20)26)34(32,33)30-15-3-4-16(30)10-14(9-15)19-12-22(29-24(31)13-1-2-13)28-23-18(19)7-8-27-23/h5-9,11-13,15-16H,1-4,10H2,(H2,27,28,29,31). The Bertz CT molecular complexity index is 1460. The minimum atomic E-state index is -3.99. The molecule has 4 heterocycles. The second-order valence-electron chi connectivity index (χ2n) is 9.16. The second-order valence-corrected chi connectivity index (χ2v) is 11.0. The summed E-state index contributed by atoms with van der Waals surface area (Å²) in [7, 11) is -3.99. The molecule has 3 aliphatic rings. The molecule has 2 unspecified atom stereocenters. The molecule has 1 saturated heterocycles. The Morgan fingerprint density at radius 2 is 1.91 bits per heavy atom. The molecule has 1 amide bonds. The number of halogens is 2. The van der Waals surface area contributed by atoms with E-state index in [1.807, 2.05) is 18.2 Å². The molecule has 2 fully saturated rings. The largest absolute Gasteiger partial charge is 0.346 e. The van der Waals surface area contributed by atoms with Crippen LogP contribution in [0.25, 0.3) is 16.6 Å². The van der Waals surface area contributed by atoms with Crippen molar-refractivity contribution < 1.29 is 22.0 Å². The van der Waals surface area contributed by atoms with Gasteiger partial charge in [0.1, 0.15) is 11.5 Å². The quantitative estimate of drug-likeness (QED) is 0.568. The van der Waals surface area contributed by atoms with Crippen molar-refractivity contribution in [2.75, 3.05) is 5.32 Å². The smallest absolute Gasteiger partial charge is 0.243 e. The minimum Gasteiger partial charge on any atom is -0.346 e. The van der Waals surface area contributed by atoms with E-state index in [-0.39, 0.29) is 22.8 Å². The van der Waals surface area contributed by atoms with E-state index in [1.165, 1.54) is 4.31 Å². The number of carbonyl (C=O) groups is 1. The van der Waals surface area contributed by atoms with E-state index < -0.39 is 27.7 Å². The fourth-order valence-electron chi connectivity index (χ4n) is 5.07. The maximum Gasteiger partial charge on any atom is 0.243 e. The maximum absolute atomic E-state index is 13.8. The van der Waals surface area contributed by atoms with Crippen LogP contribution in [0.3, 0.4) is 0 Å². The second kappa shape index (κ2) is 7.71. The number of benzene rings is 1. The molecular weight excluding hydrogens is 462 g/mol. The van der Waals surface area contributed by atoms with Crippen LogP contribution >= 0.6 is 0 Å². The van der Waals surface area contributed by atoms with Crippen LogP contribution in [0.5, 0.6) is 0 Å². The van der Waals surface area contributed by atoms with Gasteiger partial charge in [0.2, 0.25) is 15.9 Å². The van der Waals surface area contributed by atoms with Gasteiger partial charge < -0.3 is 10.3 Å². The number of nitrogens with zero attached hydrogens (tertiary/aromatic N) is 2.